The van der Waals surface area contributed by atoms with Gasteiger partial charge in [0.05, 0.1) is 6.33 Å². The molecule has 2 atom stereocenters. The molecule has 0 aliphatic carbocycles. The Balaban J connectivity index is 1.85. The first-order valence-electron chi connectivity index (χ1n) is 6.82. The highest BCUT2D eigenvalue weighted by molar-refractivity contribution is 8.00. The van der Waals surface area contributed by atoms with Crippen LogP contribution >= 0.6 is 11.8 Å². The van der Waals surface area contributed by atoms with E-state index in [2.05, 4.69) is 56.4 Å². The summed E-state index contributed by atoms with van der Waals surface area (Å²) in [6, 6.07) is 10.7. The number of aromatic amines is 1. The van der Waals surface area contributed by atoms with Gasteiger partial charge in [-0.25, -0.2) is 15.0 Å². The minimum absolute atomic E-state index is 0.254. The number of hydrogen-bond donors (Lipinski definition) is 2. The standard InChI is InChI=1S/C15H17N5S/c1-10(12(16-2)11-6-4-3-5-7-11)21-15-13-14(18-8-17-13)19-9-20-15/h3-10,12,16H,1-2H3,(H,17,18,19,20). The molecule has 2 aromatic heterocycles. The molecule has 2 heterocycles. The zero-order valence-electron chi connectivity index (χ0n) is 11.9. The number of H-pyrrole nitrogens is 1. The van der Waals surface area contributed by atoms with Crippen LogP contribution in [0.4, 0.5) is 0 Å². The third-order valence-corrected chi connectivity index (χ3v) is 4.60. The van der Waals surface area contributed by atoms with Gasteiger partial charge in [-0.1, -0.05) is 49.0 Å². The Kier molecular flexibility index (Phi) is 4.17. The van der Waals surface area contributed by atoms with E-state index >= 15 is 0 Å². The van der Waals surface area contributed by atoms with Gasteiger partial charge in [0, 0.05) is 11.3 Å². The van der Waals surface area contributed by atoms with Crippen LogP contribution in [0.5, 0.6) is 0 Å². The van der Waals surface area contributed by atoms with Crippen LogP contribution in [-0.4, -0.2) is 32.2 Å². The van der Waals surface area contributed by atoms with Crippen LogP contribution in [0.1, 0.15) is 18.5 Å². The van der Waals surface area contributed by atoms with Crippen molar-refractivity contribution in [3.63, 3.8) is 0 Å². The maximum absolute atomic E-state index is 4.38. The Bertz CT molecular complexity index is 712. The monoisotopic (exact) mass is 299 g/mol. The molecule has 0 saturated carbocycles. The molecule has 3 aromatic rings. The van der Waals surface area contributed by atoms with Crippen molar-refractivity contribution in [1.82, 2.24) is 25.3 Å². The summed E-state index contributed by atoms with van der Waals surface area (Å²) in [6.45, 7) is 2.20. The minimum atomic E-state index is 0.254. The summed E-state index contributed by atoms with van der Waals surface area (Å²) in [6.07, 6.45) is 3.22. The molecule has 108 valence electrons. The summed E-state index contributed by atoms with van der Waals surface area (Å²) in [5.74, 6) is 0. The van der Waals surface area contributed by atoms with Gasteiger partial charge < -0.3 is 10.3 Å². The Hall–Kier alpha value is -1.92. The SMILES string of the molecule is CNC(c1ccccc1)C(C)Sc1ncnc2nc[nH]c12. The third-order valence-electron chi connectivity index (χ3n) is 3.42. The van der Waals surface area contributed by atoms with E-state index in [-0.39, 0.29) is 6.04 Å². The van der Waals surface area contributed by atoms with Crippen LogP contribution in [0, 0.1) is 0 Å². The molecule has 0 aliphatic heterocycles. The number of thioether (sulfide) groups is 1. The lowest BCUT2D eigenvalue weighted by atomic mass is 10.0. The van der Waals surface area contributed by atoms with Gasteiger partial charge in [-0.2, -0.15) is 0 Å². The lowest BCUT2D eigenvalue weighted by molar-refractivity contribution is 0.589. The molecule has 5 nitrogen and oxygen atoms in total. The van der Waals surface area contributed by atoms with Crippen LogP contribution in [-0.2, 0) is 0 Å². The van der Waals surface area contributed by atoms with E-state index in [0.717, 1.165) is 10.5 Å². The number of rotatable bonds is 5. The van der Waals surface area contributed by atoms with E-state index in [0.29, 0.717) is 10.9 Å². The molecule has 3 rings (SSSR count). The van der Waals surface area contributed by atoms with Crippen molar-refractivity contribution in [2.45, 2.75) is 23.2 Å². The van der Waals surface area contributed by atoms with Crippen molar-refractivity contribution in [3.8, 4) is 0 Å². The highest BCUT2D eigenvalue weighted by Crippen LogP contribution is 2.32. The van der Waals surface area contributed by atoms with Crippen molar-refractivity contribution >= 4 is 22.9 Å². The van der Waals surface area contributed by atoms with Crippen molar-refractivity contribution < 1.29 is 0 Å². The molecule has 2 unspecified atom stereocenters. The fraction of sp³-hybridized carbons (Fsp3) is 0.267. The molecular formula is C15H17N5S. The van der Waals surface area contributed by atoms with Crippen molar-refractivity contribution in [3.05, 3.63) is 48.5 Å². The van der Waals surface area contributed by atoms with Gasteiger partial charge >= 0.3 is 0 Å². The Labute approximate surface area is 127 Å². The van der Waals surface area contributed by atoms with E-state index < -0.39 is 0 Å². The van der Waals surface area contributed by atoms with Gasteiger partial charge in [0.2, 0.25) is 0 Å². The number of fused-ring (bicyclic) bond motifs is 1. The van der Waals surface area contributed by atoms with Crippen LogP contribution in [0.3, 0.4) is 0 Å². The normalized spacial score (nSPS) is 14.2. The maximum atomic E-state index is 4.38. The molecule has 1 aromatic carbocycles. The summed E-state index contributed by atoms with van der Waals surface area (Å²) >= 11 is 1.72. The Morgan fingerprint density at radius 3 is 2.71 bits per heavy atom. The molecule has 0 aliphatic rings. The second kappa shape index (κ2) is 6.24. The first kappa shape index (κ1) is 14.0. The Morgan fingerprint density at radius 1 is 1.14 bits per heavy atom. The topological polar surface area (TPSA) is 66.5 Å². The van der Waals surface area contributed by atoms with E-state index in [1.165, 1.54) is 5.56 Å². The molecule has 0 saturated heterocycles. The van der Waals surface area contributed by atoms with Crippen LogP contribution in [0.25, 0.3) is 11.2 Å². The number of nitrogens with one attached hydrogen (secondary N) is 2. The molecule has 0 bridgehead atoms. The maximum Gasteiger partial charge on any atom is 0.181 e. The largest absolute Gasteiger partial charge is 0.341 e. The van der Waals surface area contributed by atoms with E-state index in [4.69, 9.17) is 0 Å². The number of nitrogens with zero attached hydrogens (tertiary/aromatic N) is 3. The summed E-state index contributed by atoms with van der Waals surface area (Å²) in [5, 5.41) is 4.64. The second-order valence-electron chi connectivity index (χ2n) is 4.78. The third kappa shape index (κ3) is 2.91. The summed E-state index contributed by atoms with van der Waals surface area (Å²) < 4.78 is 0. The van der Waals surface area contributed by atoms with E-state index in [1.54, 1.807) is 24.4 Å². The highest BCUT2D eigenvalue weighted by Gasteiger charge is 2.20. The summed E-state index contributed by atoms with van der Waals surface area (Å²) in [5.41, 5.74) is 2.88. The number of benzene rings is 1. The van der Waals surface area contributed by atoms with Crippen molar-refractivity contribution in [2.24, 2.45) is 0 Å². The zero-order valence-corrected chi connectivity index (χ0v) is 12.8. The van der Waals surface area contributed by atoms with Gasteiger partial charge in [-0.3, -0.25) is 0 Å². The molecular weight excluding hydrogens is 282 g/mol. The van der Waals surface area contributed by atoms with Gasteiger partial charge in [0.15, 0.2) is 5.65 Å². The summed E-state index contributed by atoms with van der Waals surface area (Å²) in [4.78, 5) is 15.8. The molecule has 6 heteroatoms. The van der Waals surface area contributed by atoms with Crippen LogP contribution in [0.15, 0.2) is 48.0 Å². The fourth-order valence-electron chi connectivity index (χ4n) is 2.41. The lowest BCUT2D eigenvalue weighted by Crippen LogP contribution is -2.25. The molecule has 21 heavy (non-hydrogen) atoms. The van der Waals surface area contributed by atoms with Crippen molar-refractivity contribution in [2.75, 3.05) is 7.05 Å². The first-order chi connectivity index (χ1) is 10.3. The van der Waals surface area contributed by atoms with Gasteiger partial charge in [0.1, 0.15) is 16.9 Å². The Morgan fingerprint density at radius 2 is 1.95 bits per heavy atom. The average Bonchev–Trinajstić information content (AvgIpc) is 2.99. The second-order valence-corrected chi connectivity index (χ2v) is 6.15. The molecule has 0 radical (unpaired) electrons. The summed E-state index contributed by atoms with van der Waals surface area (Å²) in [7, 11) is 1.99. The van der Waals surface area contributed by atoms with E-state index in [1.807, 2.05) is 13.1 Å². The molecule has 0 amide bonds. The van der Waals surface area contributed by atoms with Gasteiger partial charge in [-0.05, 0) is 12.6 Å². The number of aromatic nitrogens is 4. The smallest absolute Gasteiger partial charge is 0.181 e. The van der Waals surface area contributed by atoms with E-state index in [9.17, 15) is 0 Å². The van der Waals surface area contributed by atoms with Crippen molar-refractivity contribution in [1.29, 1.82) is 0 Å². The predicted octanol–water partition coefficient (Wildman–Crippen LogP) is 2.79. The minimum Gasteiger partial charge on any atom is -0.341 e. The van der Waals surface area contributed by atoms with Crippen LogP contribution < -0.4 is 5.32 Å². The molecule has 2 N–H and O–H groups in total. The van der Waals surface area contributed by atoms with Gasteiger partial charge in [-0.15, -0.1) is 0 Å². The predicted molar refractivity (Wildman–Crippen MR) is 85.2 cm³/mol. The average molecular weight is 299 g/mol. The molecule has 0 spiro atoms. The van der Waals surface area contributed by atoms with Gasteiger partial charge in [0.25, 0.3) is 0 Å². The number of hydrogen-bond acceptors (Lipinski definition) is 5. The molecule has 0 fully saturated rings. The number of imidazole rings is 1. The quantitative estimate of drug-likeness (QED) is 0.560. The lowest BCUT2D eigenvalue weighted by Gasteiger charge is -2.23. The first-order valence-corrected chi connectivity index (χ1v) is 7.70. The van der Waals surface area contributed by atoms with Crippen LogP contribution in [0.2, 0.25) is 0 Å². The zero-order chi connectivity index (χ0) is 14.7. The fourth-order valence-corrected chi connectivity index (χ4v) is 3.57. The highest BCUT2D eigenvalue weighted by atomic mass is 32.2.